The van der Waals surface area contributed by atoms with Crippen molar-refractivity contribution in [2.75, 3.05) is 12.4 Å². The predicted molar refractivity (Wildman–Crippen MR) is 94.9 cm³/mol. The van der Waals surface area contributed by atoms with Crippen LogP contribution in [-0.2, 0) is 16.0 Å². The maximum atomic E-state index is 12.2. The third kappa shape index (κ3) is 4.35. The zero-order valence-electron chi connectivity index (χ0n) is 14.2. The Morgan fingerprint density at radius 2 is 1.92 bits per heavy atom. The first kappa shape index (κ1) is 18.0. The van der Waals surface area contributed by atoms with Crippen LogP contribution in [0.25, 0.3) is 0 Å². The quantitative estimate of drug-likeness (QED) is 0.807. The van der Waals surface area contributed by atoms with Gasteiger partial charge < -0.3 is 14.8 Å². The summed E-state index contributed by atoms with van der Waals surface area (Å²) in [4.78, 5) is 26.0. The average Bonchev–Trinajstić information content (AvgIpc) is 2.96. The summed E-state index contributed by atoms with van der Waals surface area (Å²) in [6, 6.07) is 8.74. The highest BCUT2D eigenvalue weighted by molar-refractivity contribution is 7.14. The van der Waals surface area contributed by atoms with Crippen molar-refractivity contribution in [3.63, 3.8) is 0 Å². The van der Waals surface area contributed by atoms with Crippen LogP contribution in [0.2, 0.25) is 0 Å². The van der Waals surface area contributed by atoms with E-state index in [1.165, 1.54) is 11.3 Å². The van der Waals surface area contributed by atoms with Crippen LogP contribution in [0.15, 0.2) is 30.3 Å². The SMILES string of the molecule is CCc1sc(C(=O)O[C@H](C)C(=O)Nc2ccc(OC)cc2)cc1C. The number of hydrogen-bond acceptors (Lipinski definition) is 5. The Hall–Kier alpha value is -2.34. The molecule has 128 valence electrons. The van der Waals surface area contributed by atoms with Crippen molar-refractivity contribution >= 4 is 28.9 Å². The van der Waals surface area contributed by atoms with Gasteiger partial charge in [0.15, 0.2) is 6.10 Å². The van der Waals surface area contributed by atoms with E-state index in [9.17, 15) is 9.59 Å². The summed E-state index contributed by atoms with van der Waals surface area (Å²) < 4.78 is 10.3. The van der Waals surface area contributed by atoms with E-state index in [1.54, 1.807) is 44.4 Å². The van der Waals surface area contributed by atoms with E-state index in [0.717, 1.165) is 16.9 Å². The number of benzene rings is 1. The molecular weight excluding hydrogens is 326 g/mol. The van der Waals surface area contributed by atoms with Gasteiger partial charge in [0.2, 0.25) is 0 Å². The highest BCUT2D eigenvalue weighted by Gasteiger charge is 2.21. The third-order valence-electron chi connectivity index (χ3n) is 3.55. The largest absolute Gasteiger partial charge is 0.497 e. The number of amides is 1. The normalized spacial score (nSPS) is 11.7. The summed E-state index contributed by atoms with van der Waals surface area (Å²) in [6.07, 6.45) is -0.0100. The van der Waals surface area contributed by atoms with Crippen LogP contribution in [0.5, 0.6) is 5.75 Å². The number of carbonyl (C=O) groups excluding carboxylic acids is 2. The lowest BCUT2D eigenvalue weighted by Gasteiger charge is -2.13. The molecule has 0 fully saturated rings. The molecular formula is C18H21NO4S. The third-order valence-corrected chi connectivity index (χ3v) is 4.91. The van der Waals surface area contributed by atoms with Crippen molar-refractivity contribution in [1.82, 2.24) is 0 Å². The Labute approximate surface area is 145 Å². The van der Waals surface area contributed by atoms with Crippen molar-refractivity contribution in [2.24, 2.45) is 0 Å². The van der Waals surface area contributed by atoms with Gasteiger partial charge in [0.25, 0.3) is 5.91 Å². The van der Waals surface area contributed by atoms with Gasteiger partial charge >= 0.3 is 5.97 Å². The van der Waals surface area contributed by atoms with Crippen molar-refractivity contribution in [2.45, 2.75) is 33.3 Å². The van der Waals surface area contributed by atoms with E-state index in [1.807, 2.05) is 13.8 Å². The van der Waals surface area contributed by atoms with Gasteiger partial charge in [0.1, 0.15) is 10.6 Å². The minimum atomic E-state index is -0.882. The molecule has 0 unspecified atom stereocenters. The molecule has 0 aliphatic carbocycles. The van der Waals surface area contributed by atoms with E-state index in [2.05, 4.69) is 5.32 Å². The minimum absolute atomic E-state index is 0.377. The van der Waals surface area contributed by atoms with Crippen LogP contribution in [0, 0.1) is 6.92 Å². The summed E-state index contributed by atoms with van der Waals surface area (Å²) in [5, 5.41) is 2.71. The van der Waals surface area contributed by atoms with E-state index in [-0.39, 0.29) is 5.91 Å². The van der Waals surface area contributed by atoms with Gasteiger partial charge in [0.05, 0.1) is 7.11 Å². The molecule has 0 aliphatic heterocycles. The van der Waals surface area contributed by atoms with Crippen molar-refractivity contribution in [3.05, 3.63) is 45.6 Å². The number of methoxy groups -OCH3 is 1. The Morgan fingerprint density at radius 1 is 1.25 bits per heavy atom. The minimum Gasteiger partial charge on any atom is -0.497 e. The Morgan fingerprint density at radius 3 is 2.46 bits per heavy atom. The number of anilines is 1. The zero-order valence-corrected chi connectivity index (χ0v) is 15.0. The molecule has 1 N–H and O–H groups in total. The number of rotatable bonds is 6. The van der Waals surface area contributed by atoms with Crippen molar-refractivity contribution in [1.29, 1.82) is 0 Å². The Bertz CT molecular complexity index is 721. The molecule has 1 amide bonds. The summed E-state index contributed by atoms with van der Waals surface area (Å²) >= 11 is 1.41. The van der Waals surface area contributed by atoms with E-state index >= 15 is 0 Å². The number of hydrogen-bond donors (Lipinski definition) is 1. The van der Waals surface area contributed by atoms with Crippen LogP contribution in [0.4, 0.5) is 5.69 Å². The molecule has 0 saturated carbocycles. The second kappa shape index (κ2) is 7.97. The molecule has 2 aromatic rings. The van der Waals surface area contributed by atoms with Gasteiger partial charge in [-0.05, 0) is 56.2 Å². The second-order valence-corrected chi connectivity index (χ2v) is 6.47. The maximum absolute atomic E-state index is 12.2. The molecule has 6 heteroatoms. The molecule has 0 spiro atoms. The fourth-order valence-corrected chi connectivity index (χ4v) is 3.16. The smallest absolute Gasteiger partial charge is 0.349 e. The number of esters is 1. The molecule has 2 rings (SSSR count). The first-order valence-electron chi connectivity index (χ1n) is 7.69. The van der Waals surface area contributed by atoms with Crippen LogP contribution >= 0.6 is 11.3 Å². The molecule has 0 saturated heterocycles. The second-order valence-electron chi connectivity index (χ2n) is 5.34. The Balaban J connectivity index is 1.95. The summed E-state index contributed by atoms with van der Waals surface area (Å²) in [6.45, 7) is 5.56. The summed E-state index contributed by atoms with van der Waals surface area (Å²) in [5.74, 6) is -0.148. The van der Waals surface area contributed by atoms with E-state index in [4.69, 9.17) is 9.47 Å². The van der Waals surface area contributed by atoms with Crippen molar-refractivity contribution < 1.29 is 19.1 Å². The fourth-order valence-electron chi connectivity index (χ4n) is 2.16. The number of nitrogens with one attached hydrogen (secondary N) is 1. The molecule has 1 aromatic heterocycles. The van der Waals surface area contributed by atoms with Gasteiger partial charge in [0, 0.05) is 10.6 Å². The monoisotopic (exact) mass is 347 g/mol. The van der Waals surface area contributed by atoms with E-state index < -0.39 is 12.1 Å². The van der Waals surface area contributed by atoms with Gasteiger partial charge in [-0.2, -0.15) is 0 Å². The number of thiophene rings is 1. The molecule has 1 atom stereocenters. The standard InChI is InChI=1S/C18H21NO4S/c1-5-15-11(2)10-16(24-15)18(21)23-12(3)17(20)19-13-6-8-14(22-4)9-7-13/h6-10,12H,5H2,1-4H3,(H,19,20)/t12-/m1/s1. The average molecular weight is 347 g/mol. The highest BCUT2D eigenvalue weighted by atomic mass is 32.1. The van der Waals surface area contributed by atoms with E-state index in [0.29, 0.717) is 16.3 Å². The van der Waals surface area contributed by atoms with Gasteiger partial charge in [-0.15, -0.1) is 11.3 Å². The highest BCUT2D eigenvalue weighted by Crippen LogP contribution is 2.23. The van der Waals surface area contributed by atoms with Crippen LogP contribution in [0.1, 0.15) is 34.0 Å². The molecule has 0 aliphatic rings. The molecule has 0 bridgehead atoms. The van der Waals surface area contributed by atoms with Crippen LogP contribution in [0.3, 0.4) is 0 Å². The predicted octanol–water partition coefficient (Wildman–Crippen LogP) is 3.81. The van der Waals surface area contributed by atoms with Crippen molar-refractivity contribution in [3.8, 4) is 5.75 Å². The molecule has 0 radical (unpaired) electrons. The lowest BCUT2D eigenvalue weighted by atomic mass is 10.2. The van der Waals surface area contributed by atoms with Crippen LogP contribution < -0.4 is 10.1 Å². The number of aryl methyl sites for hydroxylation is 2. The van der Waals surface area contributed by atoms with Gasteiger partial charge in [-0.1, -0.05) is 6.92 Å². The lowest BCUT2D eigenvalue weighted by Crippen LogP contribution is -2.29. The molecule has 24 heavy (non-hydrogen) atoms. The van der Waals surface area contributed by atoms with Gasteiger partial charge in [-0.3, -0.25) is 4.79 Å². The maximum Gasteiger partial charge on any atom is 0.349 e. The molecule has 1 aromatic carbocycles. The Kier molecular flexibility index (Phi) is 5.98. The fraction of sp³-hybridized carbons (Fsp3) is 0.333. The zero-order chi connectivity index (χ0) is 17.7. The van der Waals surface area contributed by atoms with Gasteiger partial charge in [-0.25, -0.2) is 4.79 Å². The summed E-state index contributed by atoms with van der Waals surface area (Å²) in [5.41, 5.74) is 1.69. The molecule has 1 heterocycles. The van der Waals surface area contributed by atoms with Crippen LogP contribution in [-0.4, -0.2) is 25.1 Å². The topological polar surface area (TPSA) is 64.6 Å². The number of ether oxygens (including phenoxy) is 2. The first-order valence-corrected chi connectivity index (χ1v) is 8.51. The number of carbonyl (C=O) groups is 2. The lowest BCUT2D eigenvalue weighted by molar-refractivity contribution is -0.123. The molecule has 5 nitrogen and oxygen atoms in total. The summed E-state index contributed by atoms with van der Waals surface area (Å²) in [7, 11) is 1.57. The first-order chi connectivity index (χ1) is 11.4.